The van der Waals surface area contributed by atoms with Gasteiger partial charge < -0.3 is 9.72 Å². The average molecular weight is 328 g/mol. The van der Waals surface area contributed by atoms with Gasteiger partial charge in [-0.1, -0.05) is 18.1 Å². The first-order valence-corrected chi connectivity index (χ1v) is 8.27. The maximum atomic E-state index is 9.62. The molecule has 1 N–H and O–H groups in total. The number of aromatic nitrogens is 3. The molecule has 5 heteroatoms. The van der Waals surface area contributed by atoms with Crippen molar-refractivity contribution < 1.29 is 4.74 Å². The fraction of sp³-hybridized carbons (Fsp3) is 0.250. The number of ether oxygens (including phenoxy) is 1. The molecule has 0 aliphatic carbocycles. The lowest BCUT2D eigenvalue weighted by Gasteiger charge is -2.25. The molecule has 1 aromatic carbocycles. The molecule has 1 unspecified atom stereocenters. The number of aromatic amines is 1. The molecule has 3 aromatic rings. The normalized spacial score (nSPS) is 17.1. The van der Waals surface area contributed by atoms with E-state index >= 15 is 0 Å². The van der Waals surface area contributed by atoms with E-state index in [4.69, 9.17) is 11.2 Å². The standard InChI is InChI=1S/C20H16N4O/c1-2-13-10-16(24-20-19(13)22-12-23-20)18-14(11-21)6-5-7-15(18)17-8-3-4-9-25-17/h1,5-7,10,12,17H,3-4,8-9H2,(H,22,23,24). The first-order chi connectivity index (χ1) is 12.3. The number of fused-ring (bicyclic) bond motifs is 1. The molecule has 1 saturated heterocycles. The molecular weight excluding hydrogens is 312 g/mol. The molecule has 3 heterocycles. The second-order valence-electron chi connectivity index (χ2n) is 6.04. The summed E-state index contributed by atoms with van der Waals surface area (Å²) in [4.78, 5) is 11.9. The Hall–Kier alpha value is -3.15. The molecule has 5 nitrogen and oxygen atoms in total. The second kappa shape index (κ2) is 6.39. The lowest BCUT2D eigenvalue weighted by atomic mass is 9.91. The van der Waals surface area contributed by atoms with E-state index < -0.39 is 0 Å². The summed E-state index contributed by atoms with van der Waals surface area (Å²) >= 11 is 0. The van der Waals surface area contributed by atoms with Gasteiger partial charge in [-0.15, -0.1) is 6.42 Å². The van der Waals surface area contributed by atoms with Crippen molar-refractivity contribution >= 4 is 11.2 Å². The minimum Gasteiger partial charge on any atom is -0.374 e. The molecule has 4 rings (SSSR count). The number of terminal acetylenes is 1. The van der Waals surface area contributed by atoms with Gasteiger partial charge in [-0.05, 0) is 37.0 Å². The Bertz CT molecular complexity index is 1020. The van der Waals surface area contributed by atoms with Crippen molar-refractivity contribution in [2.75, 3.05) is 6.61 Å². The minimum absolute atomic E-state index is 0.0250. The quantitative estimate of drug-likeness (QED) is 0.728. The van der Waals surface area contributed by atoms with Crippen molar-refractivity contribution in [3.8, 4) is 29.7 Å². The predicted octanol–water partition coefficient (Wildman–Crippen LogP) is 3.72. The van der Waals surface area contributed by atoms with Gasteiger partial charge in [0, 0.05) is 12.2 Å². The first kappa shape index (κ1) is 15.4. The second-order valence-corrected chi connectivity index (χ2v) is 6.04. The first-order valence-electron chi connectivity index (χ1n) is 8.27. The monoisotopic (exact) mass is 328 g/mol. The Morgan fingerprint density at radius 2 is 2.20 bits per heavy atom. The number of imidazole rings is 1. The van der Waals surface area contributed by atoms with Crippen LogP contribution in [-0.4, -0.2) is 21.6 Å². The molecule has 0 bridgehead atoms. The highest BCUT2D eigenvalue weighted by molar-refractivity contribution is 5.84. The Morgan fingerprint density at radius 1 is 1.28 bits per heavy atom. The van der Waals surface area contributed by atoms with E-state index in [1.807, 2.05) is 18.2 Å². The van der Waals surface area contributed by atoms with Crippen LogP contribution in [0.2, 0.25) is 0 Å². The Kier molecular flexibility index (Phi) is 3.93. The number of nitrogens with one attached hydrogen (secondary N) is 1. The van der Waals surface area contributed by atoms with E-state index in [2.05, 4.69) is 26.9 Å². The van der Waals surface area contributed by atoms with E-state index in [1.165, 1.54) is 0 Å². The molecular formula is C20H16N4O. The zero-order valence-electron chi connectivity index (χ0n) is 13.6. The molecule has 1 aliphatic rings. The SMILES string of the molecule is C#Cc1cc(-c2c(C#N)cccc2C2CCCCO2)nc2nc[nH]c12. The number of hydrogen-bond donors (Lipinski definition) is 1. The van der Waals surface area contributed by atoms with Gasteiger partial charge in [-0.2, -0.15) is 5.26 Å². The molecule has 0 saturated carbocycles. The summed E-state index contributed by atoms with van der Waals surface area (Å²) in [5.41, 5.74) is 4.97. The number of rotatable bonds is 2. The zero-order valence-corrected chi connectivity index (χ0v) is 13.6. The van der Waals surface area contributed by atoms with Crippen LogP contribution in [-0.2, 0) is 4.74 Å². The van der Waals surface area contributed by atoms with Gasteiger partial charge in [-0.3, -0.25) is 0 Å². The minimum atomic E-state index is -0.0250. The van der Waals surface area contributed by atoms with E-state index in [9.17, 15) is 5.26 Å². The lowest BCUT2D eigenvalue weighted by molar-refractivity contribution is 0.0153. The molecule has 2 aromatic heterocycles. The van der Waals surface area contributed by atoms with E-state index in [0.717, 1.165) is 42.5 Å². The van der Waals surface area contributed by atoms with Crippen molar-refractivity contribution in [2.45, 2.75) is 25.4 Å². The van der Waals surface area contributed by atoms with Crippen LogP contribution in [0.3, 0.4) is 0 Å². The number of pyridine rings is 1. The van der Waals surface area contributed by atoms with Crippen LogP contribution >= 0.6 is 0 Å². The van der Waals surface area contributed by atoms with Crippen LogP contribution in [0, 0.1) is 23.7 Å². The summed E-state index contributed by atoms with van der Waals surface area (Å²) in [5.74, 6) is 2.68. The third-order valence-corrected chi connectivity index (χ3v) is 4.55. The number of H-pyrrole nitrogens is 1. The molecule has 0 radical (unpaired) electrons. The van der Waals surface area contributed by atoms with Gasteiger partial charge >= 0.3 is 0 Å². The molecule has 25 heavy (non-hydrogen) atoms. The molecule has 1 atom stereocenters. The highest BCUT2D eigenvalue weighted by Crippen LogP contribution is 2.37. The third-order valence-electron chi connectivity index (χ3n) is 4.55. The molecule has 0 spiro atoms. The van der Waals surface area contributed by atoms with Gasteiger partial charge in [0.1, 0.15) is 5.52 Å². The van der Waals surface area contributed by atoms with Gasteiger partial charge in [0.05, 0.1) is 35.3 Å². The van der Waals surface area contributed by atoms with Gasteiger partial charge in [0.2, 0.25) is 0 Å². The molecule has 0 amide bonds. The van der Waals surface area contributed by atoms with E-state index in [0.29, 0.717) is 22.5 Å². The third kappa shape index (κ3) is 2.65. The number of hydrogen-bond acceptors (Lipinski definition) is 4. The van der Waals surface area contributed by atoms with Crippen LogP contribution in [0.4, 0.5) is 0 Å². The fourth-order valence-corrected chi connectivity index (χ4v) is 3.37. The van der Waals surface area contributed by atoms with E-state index in [-0.39, 0.29) is 6.10 Å². The van der Waals surface area contributed by atoms with E-state index in [1.54, 1.807) is 12.4 Å². The highest BCUT2D eigenvalue weighted by Gasteiger charge is 2.23. The summed E-state index contributed by atoms with van der Waals surface area (Å²) in [5, 5.41) is 9.62. The van der Waals surface area contributed by atoms with Gasteiger partial charge in [0.25, 0.3) is 0 Å². The van der Waals surface area contributed by atoms with Crippen LogP contribution in [0.5, 0.6) is 0 Å². The number of benzene rings is 1. The summed E-state index contributed by atoms with van der Waals surface area (Å²) in [6, 6.07) is 9.82. The van der Waals surface area contributed by atoms with Crippen LogP contribution < -0.4 is 0 Å². The molecule has 122 valence electrons. The predicted molar refractivity (Wildman–Crippen MR) is 94.5 cm³/mol. The Balaban J connectivity index is 1.95. The fourth-order valence-electron chi connectivity index (χ4n) is 3.37. The Morgan fingerprint density at radius 3 is 2.96 bits per heavy atom. The van der Waals surface area contributed by atoms with Crippen molar-refractivity contribution in [2.24, 2.45) is 0 Å². The number of nitrogens with zero attached hydrogens (tertiary/aromatic N) is 3. The van der Waals surface area contributed by atoms with Crippen molar-refractivity contribution in [1.82, 2.24) is 15.0 Å². The smallest absolute Gasteiger partial charge is 0.179 e. The summed E-state index contributed by atoms with van der Waals surface area (Å²) in [7, 11) is 0. The summed E-state index contributed by atoms with van der Waals surface area (Å²) in [6.07, 6.45) is 10.3. The molecule has 1 aliphatic heterocycles. The van der Waals surface area contributed by atoms with Crippen molar-refractivity contribution in [3.63, 3.8) is 0 Å². The van der Waals surface area contributed by atoms with Crippen molar-refractivity contribution in [1.29, 1.82) is 5.26 Å². The number of nitriles is 1. The summed E-state index contributed by atoms with van der Waals surface area (Å²) in [6.45, 7) is 0.738. The lowest BCUT2D eigenvalue weighted by Crippen LogP contribution is -2.13. The zero-order chi connectivity index (χ0) is 17.2. The Labute approximate surface area is 145 Å². The van der Waals surface area contributed by atoms with Crippen molar-refractivity contribution in [3.05, 3.63) is 47.3 Å². The van der Waals surface area contributed by atoms with Crippen LogP contribution in [0.1, 0.15) is 42.1 Å². The van der Waals surface area contributed by atoms with Crippen LogP contribution in [0.25, 0.3) is 22.4 Å². The van der Waals surface area contributed by atoms with Crippen LogP contribution in [0.15, 0.2) is 30.6 Å². The molecule has 1 fully saturated rings. The van der Waals surface area contributed by atoms with Gasteiger partial charge in [0.15, 0.2) is 5.65 Å². The maximum Gasteiger partial charge on any atom is 0.179 e. The largest absolute Gasteiger partial charge is 0.374 e. The highest BCUT2D eigenvalue weighted by atomic mass is 16.5. The maximum absolute atomic E-state index is 9.62. The van der Waals surface area contributed by atoms with Gasteiger partial charge in [-0.25, -0.2) is 9.97 Å². The topological polar surface area (TPSA) is 74.6 Å². The summed E-state index contributed by atoms with van der Waals surface area (Å²) < 4.78 is 5.96. The average Bonchev–Trinajstić information content (AvgIpc) is 3.16.